The van der Waals surface area contributed by atoms with Gasteiger partial charge in [0.25, 0.3) is 5.91 Å². The fourth-order valence-electron chi connectivity index (χ4n) is 2.25. The van der Waals surface area contributed by atoms with E-state index in [0.717, 1.165) is 0 Å². The number of anilines is 1. The van der Waals surface area contributed by atoms with E-state index < -0.39 is 11.7 Å². The van der Waals surface area contributed by atoms with Crippen molar-refractivity contribution in [2.75, 3.05) is 5.32 Å². The molecule has 1 amide bonds. The fourth-order valence-corrected chi connectivity index (χ4v) is 2.25. The van der Waals surface area contributed by atoms with Crippen molar-refractivity contribution in [1.82, 2.24) is 21.1 Å². The minimum absolute atomic E-state index is 0.0324. The van der Waals surface area contributed by atoms with Crippen LogP contribution in [0.25, 0.3) is 0 Å². The number of pyridine rings is 1. The SMILES string of the molecule is CC(C)N1NNN=C1c1cccc(NC(=O)c2ccccc2F)n1. The molecule has 0 saturated carbocycles. The van der Waals surface area contributed by atoms with Gasteiger partial charge in [0.2, 0.25) is 0 Å². The Balaban J connectivity index is 1.81. The van der Waals surface area contributed by atoms with Gasteiger partial charge in [0.15, 0.2) is 5.84 Å². The first-order valence-electron chi connectivity index (χ1n) is 7.47. The van der Waals surface area contributed by atoms with Crippen LogP contribution in [0.3, 0.4) is 0 Å². The molecule has 24 heavy (non-hydrogen) atoms. The van der Waals surface area contributed by atoms with Crippen molar-refractivity contribution < 1.29 is 9.18 Å². The van der Waals surface area contributed by atoms with Gasteiger partial charge in [-0.05, 0) is 38.1 Å². The van der Waals surface area contributed by atoms with E-state index in [1.54, 1.807) is 24.3 Å². The van der Waals surface area contributed by atoms with Crippen LogP contribution in [0.5, 0.6) is 0 Å². The third-order valence-electron chi connectivity index (χ3n) is 3.42. The van der Waals surface area contributed by atoms with E-state index in [9.17, 15) is 9.18 Å². The van der Waals surface area contributed by atoms with Gasteiger partial charge < -0.3 is 5.32 Å². The van der Waals surface area contributed by atoms with Crippen molar-refractivity contribution >= 4 is 17.6 Å². The molecule has 0 spiro atoms. The van der Waals surface area contributed by atoms with Crippen LogP contribution in [-0.2, 0) is 0 Å². The monoisotopic (exact) mass is 328 g/mol. The number of hydrogen-bond donors (Lipinski definition) is 3. The summed E-state index contributed by atoms with van der Waals surface area (Å²) in [6, 6.07) is 11.1. The van der Waals surface area contributed by atoms with E-state index in [-0.39, 0.29) is 11.6 Å². The molecule has 0 radical (unpaired) electrons. The topological polar surface area (TPSA) is 81.6 Å². The van der Waals surface area contributed by atoms with E-state index in [0.29, 0.717) is 17.3 Å². The van der Waals surface area contributed by atoms with Crippen LogP contribution in [-0.4, -0.2) is 27.8 Å². The first-order chi connectivity index (χ1) is 11.6. The Morgan fingerprint density at radius 1 is 1.21 bits per heavy atom. The predicted molar refractivity (Wildman–Crippen MR) is 88.4 cm³/mol. The van der Waals surface area contributed by atoms with Gasteiger partial charge in [-0.15, -0.1) is 10.6 Å². The second kappa shape index (κ2) is 6.63. The first-order valence-corrected chi connectivity index (χ1v) is 7.47. The number of benzene rings is 1. The number of halogens is 1. The van der Waals surface area contributed by atoms with E-state index in [4.69, 9.17) is 0 Å². The van der Waals surface area contributed by atoms with Crippen LogP contribution in [0, 0.1) is 5.82 Å². The molecular weight excluding hydrogens is 311 g/mol. The number of nitrogens with one attached hydrogen (secondary N) is 3. The van der Waals surface area contributed by atoms with Crippen molar-refractivity contribution in [2.24, 2.45) is 5.10 Å². The smallest absolute Gasteiger partial charge is 0.259 e. The Labute approximate surface area is 138 Å². The number of hydrazone groups is 1. The Hall–Kier alpha value is -3.00. The second-order valence-electron chi connectivity index (χ2n) is 5.46. The van der Waals surface area contributed by atoms with Crippen molar-refractivity contribution in [1.29, 1.82) is 0 Å². The molecule has 0 unspecified atom stereocenters. The largest absolute Gasteiger partial charge is 0.306 e. The minimum atomic E-state index is -0.578. The molecule has 1 aromatic carbocycles. The number of hydrazine groups is 2. The van der Waals surface area contributed by atoms with E-state index >= 15 is 0 Å². The minimum Gasteiger partial charge on any atom is -0.306 e. The Morgan fingerprint density at radius 2 is 2.00 bits per heavy atom. The molecule has 3 rings (SSSR count). The number of carbonyl (C=O) groups is 1. The maximum absolute atomic E-state index is 13.7. The molecule has 0 bridgehead atoms. The molecular formula is C16H17FN6O. The molecule has 3 N–H and O–H groups in total. The number of carbonyl (C=O) groups excluding carboxylic acids is 1. The molecule has 2 heterocycles. The van der Waals surface area contributed by atoms with E-state index in [1.807, 2.05) is 18.9 Å². The summed E-state index contributed by atoms with van der Waals surface area (Å²) < 4.78 is 13.7. The second-order valence-corrected chi connectivity index (χ2v) is 5.46. The number of hydrogen-bond acceptors (Lipinski definition) is 6. The van der Waals surface area contributed by atoms with Gasteiger partial charge in [-0.25, -0.2) is 14.9 Å². The van der Waals surface area contributed by atoms with Gasteiger partial charge in [0, 0.05) is 6.04 Å². The summed E-state index contributed by atoms with van der Waals surface area (Å²) in [6.45, 7) is 4.00. The maximum atomic E-state index is 13.7. The van der Waals surface area contributed by atoms with Gasteiger partial charge in [-0.2, -0.15) is 0 Å². The lowest BCUT2D eigenvalue weighted by atomic mass is 10.2. The highest BCUT2D eigenvalue weighted by molar-refractivity contribution is 6.04. The van der Waals surface area contributed by atoms with Crippen molar-refractivity contribution in [3.05, 3.63) is 59.5 Å². The molecule has 0 atom stereocenters. The standard InChI is InChI=1S/C16H17FN6O/c1-10(2)23-15(20-21-22-23)13-8-5-9-14(18-13)19-16(24)11-6-3-4-7-12(11)17/h3-10,21-22H,1-2H3,(H,18,19,24). The summed E-state index contributed by atoms with van der Waals surface area (Å²) in [6.07, 6.45) is 0. The Kier molecular flexibility index (Phi) is 4.39. The van der Waals surface area contributed by atoms with Crippen LogP contribution in [0.1, 0.15) is 29.9 Å². The molecule has 7 nitrogen and oxygen atoms in total. The lowest BCUT2D eigenvalue weighted by Crippen LogP contribution is -2.45. The highest BCUT2D eigenvalue weighted by atomic mass is 19.1. The summed E-state index contributed by atoms with van der Waals surface area (Å²) >= 11 is 0. The number of amidine groups is 1. The van der Waals surface area contributed by atoms with Gasteiger partial charge in [-0.3, -0.25) is 9.80 Å². The summed E-state index contributed by atoms with van der Waals surface area (Å²) in [7, 11) is 0. The average molecular weight is 328 g/mol. The highest BCUT2D eigenvalue weighted by Gasteiger charge is 2.22. The van der Waals surface area contributed by atoms with Gasteiger partial charge in [-0.1, -0.05) is 18.2 Å². The summed E-state index contributed by atoms with van der Waals surface area (Å²) in [4.78, 5) is 16.6. The summed E-state index contributed by atoms with van der Waals surface area (Å²) in [5.41, 5.74) is 6.13. The van der Waals surface area contributed by atoms with Gasteiger partial charge >= 0.3 is 0 Å². The average Bonchev–Trinajstić information content (AvgIpc) is 3.05. The summed E-state index contributed by atoms with van der Waals surface area (Å²) in [5.74, 6) is -0.208. The fraction of sp³-hybridized carbons (Fsp3) is 0.188. The van der Waals surface area contributed by atoms with Crippen LogP contribution in [0.4, 0.5) is 10.2 Å². The van der Waals surface area contributed by atoms with E-state index in [2.05, 4.69) is 26.5 Å². The van der Waals surface area contributed by atoms with E-state index in [1.165, 1.54) is 18.2 Å². The first kappa shape index (κ1) is 15.9. The number of rotatable bonds is 4. The quantitative estimate of drug-likeness (QED) is 0.798. The molecule has 0 saturated heterocycles. The summed E-state index contributed by atoms with van der Waals surface area (Å²) in [5, 5.41) is 8.56. The van der Waals surface area contributed by atoms with Crippen LogP contribution in [0.2, 0.25) is 0 Å². The molecule has 0 fully saturated rings. The normalized spacial score (nSPS) is 13.7. The zero-order valence-corrected chi connectivity index (χ0v) is 13.2. The predicted octanol–water partition coefficient (Wildman–Crippen LogP) is 1.87. The zero-order valence-electron chi connectivity index (χ0n) is 13.2. The molecule has 1 aliphatic rings. The van der Waals surface area contributed by atoms with Crippen LogP contribution in [0.15, 0.2) is 47.6 Å². The van der Waals surface area contributed by atoms with Crippen molar-refractivity contribution in [2.45, 2.75) is 19.9 Å². The van der Waals surface area contributed by atoms with Crippen LogP contribution >= 0.6 is 0 Å². The molecule has 1 aliphatic heterocycles. The lowest BCUT2D eigenvalue weighted by Gasteiger charge is -2.22. The zero-order chi connectivity index (χ0) is 17.1. The number of amides is 1. The highest BCUT2D eigenvalue weighted by Crippen LogP contribution is 2.13. The van der Waals surface area contributed by atoms with Crippen LogP contribution < -0.4 is 16.4 Å². The maximum Gasteiger partial charge on any atom is 0.259 e. The van der Waals surface area contributed by atoms with Gasteiger partial charge in [0.1, 0.15) is 17.3 Å². The molecule has 0 aliphatic carbocycles. The molecule has 8 heteroatoms. The lowest BCUT2D eigenvalue weighted by molar-refractivity contribution is 0.102. The third-order valence-corrected chi connectivity index (χ3v) is 3.42. The van der Waals surface area contributed by atoms with Crippen molar-refractivity contribution in [3.8, 4) is 0 Å². The number of nitrogens with zero attached hydrogens (tertiary/aromatic N) is 3. The number of aromatic nitrogens is 1. The molecule has 124 valence electrons. The van der Waals surface area contributed by atoms with Crippen molar-refractivity contribution in [3.63, 3.8) is 0 Å². The Morgan fingerprint density at radius 3 is 2.75 bits per heavy atom. The molecule has 1 aromatic heterocycles. The molecule has 2 aromatic rings. The van der Waals surface area contributed by atoms with Gasteiger partial charge in [0.05, 0.1) is 5.56 Å². The third kappa shape index (κ3) is 3.18. The Bertz CT molecular complexity index is 792.